The third-order valence-electron chi connectivity index (χ3n) is 4.30. The van der Waals surface area contributed by atoms with Crippen LogP contribution >= 0.6 is 15.9 Å². The Morgan fingerprint density at radius 3 is 2.38 bits per heavy atom. The monoisotopic (exact) mass is 344 g/mol. The van der Waals surface area contributed by atoms with Gasteiger partial charge in [0.1, 0.15) is 0 Å². The molecule has 0 nitrogen and oxygen atoms in total. The molecule has 0 amide bonds. The minimum Gasteiger partial charge on any atom is -0.0876 e. The molecule has 0 saturated heterocycles. The van der Waals surface area contributed by atoms with Crippen LogP contribution in [0.15, 0.2) is 71.4 Å². The highest BCUT2D eigenvalue weighted by molar-refractivity contribution is 9.09. The van der Waals surface area contributed by atoms with E-state index in [9.17, 15) is 0 Å². The molecule has 0 N–H and O–H groups in total. The summed E-state index contributed by atoms with van der Waals surface area (Å²) in [5.41, 5.74) is 4.21. The second-order valence-electron chi connectivity index (χ2n) is 6.74. The van der Waals surface area contributed by atoms with Crippen LogP contribution in [0.4, 0.5) is 0 Å². The van der Waals surface area contributed by atoms with E-state index in [1.807, 2.05) is 0 Å². The molecule has 112 valence electrons. The second kappa shape index (κ2) is 6.36. The quantitative estimate of drug-likeness (QED) is 0.527. The number of allylic oxidation sites excluding steroid dienone is 12. The van der Waals surface area contributed by atoms with E-state index in [1.165, 1.54) is 16.7 Å². The number of alkyl halides is 1. The van der Waals surface area contributed by atoms with E-state index >= 15 is 0 Å². The van der Waals surface area contributed by atoms with Gasteiger partial charge in [-0.05, 0) is 23.1 Å². The van der Waals surface area contributed by atoms with E-state index in [0.29, 0.717) is 0 Å². The molecule has 0 aromatic rings. The lowest BCUT2D eigenvalue weighted by Gasteiger charge is -2.19. The predicted octanol–water partition coefficient (Wildman–Crippen LogP) is 6.30. The van der Waals surface area contributed by atoms with Crippen molar-refractivity contribution in [1.82, 2.24) is 0 Å². The summed E-state index contributed by atoms with van der Waals surface area (Å²) in [5.74, 6) is 0. The Balaban J connectivity index is 2.44. The van der Waals surface area contributed by atoms with Gasteiger partial charge in [-0.1, -0.05) is 98.3 Å². The molecule has 2 aliphatic rings. The summed E-state index contributed by atoms with van der Waals surface area (Å²) < 4.78 is 0. The van der Waals surface area contributed by atoms with Crippen molar-refractivity contribution < 1.29 is 0 Å². The normalized spacial score (nSPS) is 27.6. The van der Waals surface area contributed by atoms with Crippen LogP contribution in [-0.2, 0) is 0 Å². The maximum Gasteiger partial charge on any atom is 0.0289 e. The molecule has 0 aromatic carbocycles. The van der Waals surface area contributed by atoms with Gasteiger partial charge in [-0.3, -0.25) is 0 Å². The van der Waals surface area contributed by atoms with Crippen LogP contribution in [0.25, 0.3) is 0 Å². The summed E-state index contributed by atoms with van der Waals surface area (Å²) in [7, 11) is 0. The van der Waals surface area contributed by atoms with Crippen molar-refractivity contribution in [3.8, 4) is 0 Å². The molecule has 2 aliphatic carbocycles. The Bertz CT molecular complexity index is 579. The van der Waals surface area contributed by atoms with Crippen LogP contribution in [0.5, 0.6) is 0 Å². The average Bonchev–Trinajstić information content (AvgIpc) is 2.72. The maximum absolute atomic E-state index is 3.63. The van der Waals surface area contributed by atoms with Crippen LogP contribution in [0, 0.1) is 10.8 Å². The van der Waals surface area contributed by atoms with Crippen molar-refractivity contribution in [3.63, 3.8) is 0 Å². The largest absolute Gasteiger partial charge is 0.0876 e. The second-order valence-corrected chi connectivity index (χ2v) is 7.30. The van der Waals surface area contributed by atoms with Gasteiger partial charge >= 0.3 is 0 Å². The van der Waals surface area contributed by atoms with Gasteiger partial charge in [0.2, 0.25) is 0 Å². The van der Waals surface area contributed by atoms with Gasteiger partial charge in [0.25, 0.3) is 0 Å². The van der Waals surface area contributed by atoms with E-state index in [4.69, 9.17) is 0 Å². The van der Waals surface area contributed by atoms with E-state index in [2.05, 4.69) is 98.3 Å². The lowest BCUT2D eigenvalue weighted by atomic mass is 9.85. The minimum atomic E-state index is 0.0779. The lowest BCUT2D eigenvalue weighted by molar-refractivity contribution is 0.531. The van der Waals surface area contributed by atoms with Gasteiger partial charge < -0.3 is 0 Å². The highest BCUT2D eigenvalue weighted by Crippen LogP contribution is 2.35. The summed E-state index contributed by atoms with van der Waals surface area (Å²) in [5, 5.41) is 0.874. The van der Waals surface area contributed by atoms with E-state index in [-0.39, 0.29) is 10.8 Å². The summed E-state index contributed by atoms with van der Waals surface area (Å²) in [6, 6.07) is 0. The first-order chi connectivity index (χ1) is 9.89. The molecule has 0 spiro atoms. The SMILES string of the molecule is CCC1(C)C=CC=C(C2=CC(C)(C)C=CC=C2CBr)C=C1. The molecule has 1 atom stereocenters. The van der Waals surface area contributed by atoms with Gasteiger partial charge in [0.05, 0.1) is 0 Å². The summed E-state index contributed by atoms with van der Waals surface area (Å²) in [4.78, 5) is 0. The number of hydrogen-bond donors (Lipinski definition) is 0. The maximum atomic E-state index is 3.63. The predicted molar refractivity (Wildman–Crippen MR) is 97.6 cm³/mol. The molecule has 21 heavy (non-hydrogen) atoms. The molecule has 1 unspecified atom stereocenters. The number of halogens is 1. The molecular weight excluding hydrogens is 320 g/mol. The van der Waals surface area contributed by atoms with Crippen LogP contribution in [-0.4, -0.2) is 5.33 Å². The fourth-order valence-corrected chi connectivity index (χ4v) is 3.07. The van der Waals surface area contributed by atoms with E-state index in [1.54, 1.807) is 0 Å². The smallest absolute Gasteiger partial charge is 0.0289 e. The molecule has 0 fully saturated rings. The van der Waals surface area contributed by atoms with Gasteiger partial charge in [0, 0.05) is 16.2 Å². The van der Waals surface area contributed by atoms with Gasteiger partial charge in [-0.2, -0.15) is 0 Å². The van der Waals surface area contributed by atoms with Gasteiger partial charge in [-0.15, -0.1) is 0 Å². The van der Waals surface area contributed by atoms with Crippen molar-refractivity contribution in [2.75, 3.05) is 5.33 Å². The number of rotatable bonds is 3. The third-order valence-corrected chi connectivity index (χ3v) is 4.90. The zero-order chi connectivity index (χ0) is 15.5. The Morgan fingerprint density at radius 1 is 1.00 bits per heavy atom. The molecular formula is C20H25Br. The minimum absolute atomic E-state index is 0.0779. The molecule has 0 heterocycles. The Kier molecular flexibility index (Phi) is 4.93. The van der Waals surface area contributed by atoms with E-state index in [0.717, 1.165) is 11.8 Å². The zero-order valence-corrected chi connectivity index (χ0v) is 15.1. The lowest BCUT2D eigenvalue weighted by Crippen LogP contribution is -2.07. The summed E-state index contributed by atoms with van der Waals surface area (Å²) in [6.07, 6.45) is 21.5. The molecule has 2 rings (SSSR count). The van der Waals surface area contributed by atoms with Gasteiger partial charge in [0.15, 0.2) is 0 Å². The van der Waals surface area contributed by atoms with Crippen molar-refractivity contribution in [3.05, 3.63) is 71.4 Å². The Hall–Kier alpha value is -1.08. The molecule has 0 aromatic heterocycles. The van der Waals surface area contributed by atoms with Crippen molar-refractivity contribution in [1.29, 1.82) is 0 Å². The van der Waals surface area contributed by atoms with Crippen LogP contribution in [0.2, 0.25) is 0 Å². The molecule has 0 aliphatic heterocycles. The standard InChI is InChI=1S/C20H25Br/c1-5-20(4)12-7-8-16(10-13-20)18-14-19(2,3)11-6-9-17(18)15-21/h6-14H,5,15H2,1-4H3. The van der Waals surface area contributed by atoms with Crippen molar-refractivity contribution in [2.45, 2.75) is 34.1 Å². The molecule has 1 heteroatoms. The first kappa shape index (κ1) is 16.3. The topological polar surface area (TPSA) is 0 Å². The first-order valence-corrected chi connectivity index (χ1v) is 8.78. The van der Waals surface area contributed by atoms with Gasteiger partial charge in [-0.25, -0.2) is 0 Å². The van der Waals surface area contributed by atoms with Crippen LogP contribution in [0.1, 0.15) is 34.1 Å². The zero-order valence-electron chi connectivity index (χ0n) is 13.5. The summed E-state index contributed by atoms with van der Waals surface area (Å²) in [6.45, 7) is 9.02. The fraction of sp³-hybridized carbons (Fsp3) is 0.400. The molecule has 0 radical (unpaired) electrons. The highest BCUT2D eigenvalue weighted by atomic mass is 79.9. The van der Waals surface area contributed by atoms with E-state index < -0.39 is 0 Å². The average molecular weight is 345 g/mol. The Labute approximate surface area is 137 Å². The molecule has 0 bridgehead atoms. The first-order valence-electron chi connectivity index (χ1n) is 7.66. The summed E-state index contributed by atoms with van der Waals surface area (Å²) >= 11 is 3.63. The van der Waals surface area contributed by atoms with Crippen molar-refractivity contribution >= 4 is 15.9 Å². The molecule has 0 saturated carbocycles. The number of hydrogen-bond acceptors (Lipinski definition) is 0. The third kappa shape index (κ3) is 3.97. The van der Waals surface area contributed by atoms with Crippen molar-refractivity contribution in [2.24, 2.45) is 10.8 Å². The fourth-order valence-electron chi connectivity index (χ4n) is 2.58. The van der Waals surface area contributed by atoms with Crippen LogP contribution in [0.3, 0.4) is 0 Å². The highest BCUT2D eigenvalue weighted by Gasteiger charge is 2.20. The Morgan fingerprint density at radius 2 is 1.71 bits per heavy atom. The van der Waals surface area contributed by atoms with Crippen LogP contribution < -0.4 is 0 Å².